The largest absolute Gasteiger partial charge is 0.187 e. The van der Waals surface area contributed by atoms with Gasteiger partial charge in [0, 0.05) is 5.25 Å². The standard InChI is InChI=1S/C12H25N2S/c1-8-9-12(7,15-10(2)3)14-13-11(4,5)6/h10H,2,8-9H2,1,3-7H3. The number of hydrogen-bond acceptors (Lipinski definition) is 3. The highest BCUT2D eigenvalue weighted by atomic mass is 32.2. The first-order chi connectivity index (χ1) is 6.68. The van der Waals surface area contributed by atoms with Crippen molar-refractivity contribution in [2.45, 2.75) is 70.0 Å². The number of hydrogen-bond donors (Lipinski definition) is 0. The minimum absolute atomic E-state index is 0.0834. The van der Waals surface area contributed by atoms with Gasteiger partial charge in [-0.2, -0.15) is 10.2 Å². The van der Waals surface area contributed by atoms with Crippen LogP contribution in [0.4, 0.5) is 0 Å². The van der Waals surface area contributed by atoms with E-state index in [-0.39, 0.29) is 10.4 Å². The second-order valence-corrected chi connectivity index (χ2v) is 7.14. The van der Waals surface area contributed by atoms with Crippen molar-refractivity contribution in [1.29, 1.82) is 0 Å². The Morgan fingerprint density at radius 1 is 1.20 bits per heavy atom. The number of azo groups is 1. The predicted molar refractivity (Wildman–Crippen MR) is 70.3 cm³/mol. The second-order valence-electron chi connectivity index (χ2n) is 5.22. The van der Waals surface area contributed by atoms with Gasteiger partial charge < -0.3 is 0 Å². The van der Waals surface area contributed by atoms with Gasteiger partial charge in [0.2, 0.25) is 0 Å². The molecule has 0 spiro atoms. The molecule has 0 heterocycles. The van der Waals surface area contributed by atoms with E-state index in [1.807, 2.05) is 0 Å². The van der Waals surface area contributed by atoms with Crippen molar-refractivity contribution >= 4 is 11.8 Å². The molecule has 0 saturated heterocycles. The lowest BCUT2D eigenvalue weighted by atomic mass is 10.1. The molecule has 3 heteroatoms. The molecule has 0 saturated carbocycles. The van der Waals surface area contributed by atoms with Crippen LogP contribution in [0.25, 0.3) is 0 Å². The van der Waals surface area contributed by atoms with Crippen LogP contribution in [0.1, 0.15) is 54.4 Å². The Kier molecular flexibility index (Phi) is 5.86. The summed E-state index contributed by atoms with van der Waals surface area (Å²) in [6.45, 7) is 16.7. The van der Waals surface area contributed by atoms with Crippen LogP contribution in [0.3, 0.4) is 0 Å². The zero-order valence-corrected chi connectivity index (χ0v) is 11.8. The van der Waals surface area contributed by atoms with Crippen LogP contribution in [-0.2, 0) is 0 Å². The molecule has 0 fully saturated rings. The van der Waals surface area contributed by atoms with Crippen molar-refractivity contribution in [2.75, 3.05) is 0 Å². The van der Waals surface area contributed by atoms with Crippen molar-refractivity contribution in [3.63, 3.8) is 0 Å². The van der Waals surface area contributed by atoms with Gasteiger partial charge in [-0.1, -0.05) is 20.3 Å². The predicted octanol–water partition coefficient (Wildman–Crippen LogP) is 4.71. The van der Waals surface area contributed by atoms with Crippen molar-refractivity contribution in [1.82, 2.24) is 0 Å². The third-order valence-corrected chi connectivity index (χ3v) is 2.93. The van der Waals surface area contributed by atoms with E-state index < -0.39 is 0 Å². The average Bonchev–Trinajstić information content (AvgIpc) is 1.99. The Bertz CT molecular complexity index is 206. The molecule has 0 aliphatic heterocycles. The molecule has 0 aromatic rings. The van der Waals surface area contributed by atoms with E-state index in [2.05, 4.69) is 58.7 Å². The number of rotatable bonds is 5. The highest BCUT2D eigenvalue weighted by Gasteiger charge is 2.25. The molecule has 1 radical (unpaired) electrons. The molecule has 0 amide bonds. The molecule has 0 aromatic carbocycles. The van der Waals surface area contributed by atoms with E-state index in [1.165, 1.54) is 0 Å². The van der Waals surface area contributed by atoms with Gasteiger partial charge in [0.1, 0.15) is 4.87 Å². The Hall–Kier alpha value is -0.0500. The SMILES string of the molecule is [CH2]C(C)SC(C)(CCC)N=NC(C)(C)C. The van der Waals surface area contributed by atoms with Crippen molar-refractivity contribution < 1.29 is 0 Å². The van der Waals surface area contributed by atoms with E-state index in [0.29, 0.717) is 5.25 Å². The maximum absolute atomic E-state index is 4.50. The van der Waals surface area contributed by atoms with Crippen LogP contribution in [0.15, 0.2) is 10.2 Å². The lowest BCUT2D eigenvalue weighted by Crippen LogP contribution is -2.21. The summed E-state index contributed by atoms with van der Waals surface area (Å²) >= 11 is 1.80. The van der Waals surface area contributed by atoms with E-state index in [1.54, 1.807) is 11.8 Å². The minimum atomic E-state index is -0.108. The maximum Gasteiger partial charge on any atom is 0.124 e. The first-order valence-electron chi connectivity index (χ1n) is 5.63. The molecule has 2 nitrogen and oxygen atoms in total. The fourth-order valence-electron chi connectivity index (χ4n) is 1.29. The summed E-state index contributed by atoms with van der Waals surface area (Å²) in [4.78, 5) is -0.108. The smallest absolute Gasteiger partial charge is 0.124 e. The van der Waals surface area contributed by atoms with Gasteiger partial charge in [0.25, 0.3) is 0 Å². The topological polar surface area (TPSA) is 24.7 Å². The molecule has 0 bridgehead atoms. The average molecular weight is 229 g/mol. The Morgan fingerprint density at radius 2 is 1.73 bits per heavy atom. The van der Waals surface area contributed by atoms with Crippen molar-refractivity contribution in [2.24, 2.45) is 10.2 Å². The van der Waals surface area contributed by atoms with E-state index >= 15 is 0 Å². The van der Waals surface area contributed by atoms with Crippen LogP contribution >= 0.6 is 11.8 Å². The van der Waals surface area contributed by atoms with Crippen molar-refractivity contribution in [3.05, 3.63) is 6.92 Å². The lowest BCUT2D eigenvalue weighted by molar-refractivity contribution is 0.484. The normalized spacial score (nSPS) is 17.3. The summed E-state index contributed by atoms with van der Waals surface area (Å²) in [5.74, 6) is 0. The molecule has 2 unspecified atom stereocenters. The first kappa shape index (κ1) is 14.9. The highest BCUT2D eigenvalue weighted by molar-refractivity contribution is 8.01. The van der Waals surface area contributed by atoms with Gasteiger partial charge in [0.15, 0.2) is 0 Å². The molecule has 0 aliphatic rings. The molecule has 0 N–H and O–H groups in total. The Balaban J connectivity index is 4.57. The molecule has 0 aromatic heterocycles. The van der Waals surface area contributed by atoms with Gasteiger partial charge in [-0.25, -0.2) is 0 Å². The van der Waals surface area contributed by atoms with Gasteiger partial charge in [0.05, 0.1) is 5.54 Å². The summed E-state index contributed by atoms with van der Waals surface area (Å²) in [5.41, 5.74) is -0.0834. The molecule has 0 rings (SSSR count). The minimum Gasteiger partial charge on any atom is -0.187 e. The van der Waals surface area contributed by atoms with Crippen LogP contribution < -0.4 is 0 Å². The monoisotopic (exact) mass is 229 g/mol. The molecule has 0 aliphatic carbocycles. The quantitative estimate of drug-likeness (QED) is 0.627. The zero-order chi connectivity index (χ0) is 12.1. The summed E-state index contributed by atoms with van der Waals surface area (Å²) in [7, 11) is 0. The van der Waals surface area contributed by atoms with Gasteiger partial charge >= 0.3 is 0 Å². The summed E-state index contributed by atoms with van der Waals surface area (Å²) in [6, 6.07) is 0. The fourth-order valence-corrected chi connectivity index (χ4v) is 2.56. The Morgan fingerprint density at radius 3 is 2.07 bits per heavy atom. The molecular weight excluding hydrogens is 204 g/mol. The summed E-state index contributed by atoms with van der Waals surface area (Å²) in [5, 5.41) is 9.23. The van der Waals surface area contributed by atoms with Crippen LogP contribution in [0.5, 0.6) is 0 Å². The maximum atomic E-state index is 4.50. The second kappa shape index (κ2) is 5.88. The lowest BCUT2D eigenvalue weighted by Gasteiger charge is -2.26. The number of nitrogens with zero attached hydrogens (tertiary/aromatic N) is 2. The van der Waals surface area contributed by atoms with Crippen molar-refractivity contribution in [3.8, 4) is 0 Å². The van der Waals surface area contributed by atoms with E-state index in [0.717, 1.165) is 12.8 Å². The van der Waals surface area contributed by atoms with E-state index in [4.69, 9.17) is 0 Å². The summed E-state index contributed by atoms with van der Waals surface area (Å²) in [6.07, 6.45) is 2.18. The van der Waals surface area contributed by atoms with E-state index in [9.17, 15) is 0 Å². The van der Waals surface area contributed by atoms with Crippen LogP contribution in [0, 0.1) is 6.92 Å². The van der Waals surface area contributed by atoms with Gasteiger partial charge in [-0.3, -0.25) is 0 Å². The molecular formula is C12H25N2S. The van der Waals surface area contributed by atoms with Crippen LogP contribution in [0.2, 0.25) is 0 Å². The molecule has 2 atom stereocenters. The molecule has 15 heavy (non-hydrogen) atoms. The number of thioether (sulfide) groups is 1. The molecule has 89 valence electrons. The fraction of sp³-hybridized carbons (Fsp3) is 0.917. The first-order valence-corrected chi connectivity index (χ1v) is 6.51. The van der Waals surface area contributed by atoms with Crippen LogP contribution in [-0.4, -0.2) is 15.7 Å². The zero-order valence-electron chi connectivity index (χ0n) is 11.0. The highest BCUT2D eigenvalue weighted by Crippen LogP contribution is 2.35. The third kappa shape index (κ3) is 7.83. The Labute approximate surface area is 99.3 Å². The summed E-state index contributed by atoms with van der Waals surface area (Å²) < 4.78 is 0. The third-order valence-electron chi connectivity index (χ3n) is 1.73. The van der Waals surface area contributed by atoms with Gasteiger partial charge in [-0.15, -0.1) is 11.8 Å². The van der Waals surface area contributed by atoms with Gasteiger partial charge in [-0.05, 0) is 41.0 Å².